The molecule has 1 aromatic heterocycles. The molecule has 0 bridgehead atoms. The maximum absolute atomic E-state index is 7.18. The maximum Gasteiger partial charge on any atom is 0.115 e. The normalized spacial score (nSPS) is 43.6. The third-order valence-corrected chi connectivity index (χ3v) is 10.00. The summed E-state index contributed by atoms with van der Waals surface area (Å²) in [4.78, 5) is 8.44. The SMILES string of the molecule is NC12CCCCC1CCC1C3CCC(C(S)CCc4ccncn4)C3CCC12. The van der Waals surface area contributed by atoms with Crippen LogP contribution in [0.25, 0.3) is 0 Å². The molecule has 0 aliphatic heterocycles. The summed E-state index contributed by atoms with van der Waals surface area (Å²) >= 11 is 5.11. The van der Waals surface area contributed by atoms with E-state index in [1.807, 2.05) is 12.3 Å². The van der Waals surface area contributed by atoms with Gasteiger partial charge < -0.3 is 5.73 Å². The Balaban J connectivity index is 1.25. The van der Waals surface area contributed by atoms with Crippen LogP contribution < -0.4 is 5.73 Å². The second-order valence-corrected chi connectivity index (χ2v) is 11.0. The molecule has 4 saturated carbocycles. The molecule has 4 heteroatoms. The highest BCUT2D eigenvalue weighted by Crippen LogP contribution is 2.60. The smallest absolute Gasteiger partial charge is 0.115 e. The van der Waals surface area contributed by atoms with Crippen LogP contribution in [0.1, 0.15) is 76.3 Å². The number of nitrogens with zero attached hydrogens (tertiary/aromatic N) is 2. The lowest BCUT2D eigenvalue weighted by atomic mass is 9.50. The third-order valence-electron chi connectivity index (χ3n) is 9.36. The Morgan fingerprint density at radius 3 is 2.75 bits per heavy atom. The van der Waals surface area contributed by atoms with Crippen LogP contribution in [0.2, 0.25) is 0 Å². The van der Waals surface area contributed by atoms with Crippen LogP contribution in [0.5, 0.6) is 0 Å². The van der Waals surface area contributed by atoms with Crippen LogP contribution in [-0.2, 0) is 6.42 Å². The summed E-state index contributed by atoms with van der Waals surface area (Å²) in [6.07, 6.45) is 19.7. The van der Waals surface area contributed by atoms with Gasteiger partial charge in [-0.3, -0.25) is 0 Å². The summed E-state index contributed by atoms with van der Waals surface area (Å²) in [7, 11) is 0. The van der Waals surface area contributed by atoms with Gasteiger partial charge in [-0.25, -0.2) is 9.97 Å². The zero-order valence-electron chi connectivity index (χ0n) is 17.2. The first-order chi connectivity index (χ1) is 13.7. The highest BCUT2D eigenvalue weighted by molar-refractivity contribution is 7.81. The lowest BCUT2D eigenvalue weighted by molar-refractivity contribution is -0.0434. The van der Waals surface area contributed by atoms with Crippen molar-refractivity contribution in [1.82, 2.24) is 9.97 Å². The predicted octanol–water partition coefficient (Wildman–Crippen LogP) is 5.06. The fraction of sp³-hybridized carbons (Fsp3) is 0.833. The highest BCUT2D eigenvalue weighted by atomic mass is 32.1. The topological polar surface area (TPSA) is 51.8 Å². The number of aryl methyl sites for hydroxylation is 1. The third kappa shape index (κ3) is 3.33. The van der Waals surface area contributed by atoms with Crippen LogP contribution >= 0.6 is 12.6 Å². The van der Waals surface area contributed by atoms with Crippen molar-refractivity contribution in [1.29, 1.82) is 0 Å². The Morgan fingerprint density at radius 1 is 1.04 bits per heavy atom. The standard InChI is InChI=1S/C24H37N3S/c25-24-13-2-1-3-16(24)4-6-20-18-7-8-21(19(18)9-10-22(20)24)23(28)11-5-17-12-14-26-15-27-17/h12,14-16,18-23,28H,1-11,13,25H2. The number of aromatic nitrogens is 2. The molecule has 3 nitrogen and oxygen atoms in total. The van der Waals surface area contributed by atoms with Gasteiger partial charge >= 0.3 is 0 Å². The number of fused-ring (bicyclic) bond motifs is 5. The zero-order chi connectivity index (χ0) is 19.1. The highest BCUT2D eigenvalue weighted by Gasteiger charge is 2.56. The van der Waals surface area contributed by atoms with Gasteiger partial charge in [0, 0.05) is 22.7 Å². The number of thiol groups is 1. The van der Waals surface area contributed by atoms with Gasteiger partial charge in [-0.15, -0.1) is 0 Å². The predicted molar refractivity (Wildman–Crippen MR) is 117 cm³/mol. The maximum atomic E-state index is 7.18. The van der Waals surface area contributed by atoms with E-state index in [4.69, 9.17) is 18.4 Å². The average Bonchev–Trinajstić information content (AvgIpc) is 3.17. The van der Waals surface area contributed by atoms with E-state index in [0.717, 1.165) is 54.0 Å². The molecule has 4 fully saturated rings. The van der Waals surface area contributed by atoms with E-state index < -0.39 is 0 Å². The molecule has 0 amide bonds. The van der Waals surface area contributed by atoms with Crippen molar-refractivity contribution in [2.75, 3.05) is 0 Å². The minimum Gasteiger partial charge on any atom is -0.325 e. The average molecular weight is 400 g/mol. The first kappa shape index (κ1) is 19.4. The molecular formula is C24H37N3S. The molecule has 1 aromatic rings. The van der Waals surface area contributed by atoms with E-state index in [1.165, 1.54) is 64.2 Å². The Bertz CT molecular complexity index is 667. The van der Waals surface area contributed by atoms with Crippen molar-refractivity contribution in [3.8, 4) is 0 Å². The Hall–Kier alpha value is -0.610. The quantitative estimate of drug-likeness (QED) is 0.696. The first-order valence-corrected chi connectivity index (χ1v) is 12.4. The van der Waals surface area contributed by atoms with Gasteiger partial charge in [0.1, 0.15) is 6.33 Å². The molecule has 28 heavy (non-hydrogen) atoms. The molecule has 2 N–H and O–H groups in total. The number of rotatable bonds is 4. The molecule has 5 rings (SSSR count). The molecule has 8 atom stereocenters. The zero-order valence-corrected chi connectivity index (χ0v) is 18.1. The van der Waals surface area contributed by atoms with Crippen molar-refractivity contribution in [3.05, 3.63) is 24.3 Å². The summed E-state index contributed by atoms with van der Waals surface area (Å²) in [5.41, 5.74) is 8.52. The van der Waals surface area contributed by atoms with Gasteiger partial charge in [0.25, 0.3) is 0 Å². The van der Waals surface area contributed by atoms with Crippen molar-refractivity contribution in [2.45, 2.75) is 87.8 Å². The van der Waals surface area contributed by atoms with Gasteiger partial charge in [-0.2, -0.15) is 12.6 Å². The molecule has 1 heterocycles. The fourth-order valence-corrected chi connectivity index (χ4v) is 8.60. The van der Waals surface area contributed by atoms with Gasteiger partial charge in [0.15, 0.2) is 0 Å². The van der Waals surface area contributed by atoms with E-state index >= 15 is 0 Å². The van der Waals surface area contributed by atoms with E-state index in [9.17, 15) is 0 Å². The molecular weight excluding hydrogens is 362 g/mol. The van der Waals surface area contributed by atoms with E-state index in [0.29, 0.717) is 5.25 Å². The van der Waals surface area contributed by atoms with Crippen LogP contribution in [-0.4, -0.2) is 20.8 Å². The van der Waals surface area contributed by atoms with Crippen LogP contribution in [0.15, 0.2) is 18.6 Å². The summed E-state index contributed by atoms with van der Waals surface area (Å²) in [5, 5.41) is 0.513. The van der Waals surface area contributed by atoms with Crippen LogP contribution in [0, 0.1) is 35.5 Å². The minimum atomic E-state index is 0.178. The lowest BCUT2D eigenvalue weighted by Crippen LogP contribution is -2.61. The second kappa shape index (κ2) is 7.91. The molecule has 4 aliphatic carbocycles. The molecule has 8 unspecified atom stereocenters. The lowest BCUT2D eigenvalue weighted by Gasteiger charge is -2.58. The number of nitrogens with two attached hydrogens (primary N) is 1. The number of hydrogen-bond acceptors (Lipinski definition) is 4. The van der Waals surface area contributed by atoms with E-state index in [2.05, 4.69) is 9.97 Å². The summed E-state index contributed by atoms with van der Waals surface area (Å²) in [5.74, 6) is 5.17. The molecule has 0 radical (unpaired) electrons. The summed E-state index contributed by atoms with van der Waals surface area (Å²) in [6.45, 7) is 0. The van der Waals surface area contributed by atoms with Crippen LogP contribution in [0.4, 0.5) is 0 Å². The van der Waals surface area contributed by atoms with E-state index in [-0.39, 0.29) is 5.54 Å². The largest absolute Gasteiger partial charge is 0.325 e. The van der Waals surface area contributed by atoms with Crippen molar-refractivity contribution >= 4 is 12.6 Å². The molecule has 0 saturated heterocycles. The summed E-state index contributed by atoms with van der Waals surface area (Å²) in [6, 6.07) is 2.05. The Morgan fingerprint density at radius 2 is 1.89 bits per heavy atom. The Labute approximate surface area is 176 Å². The second-order valence-electron chi connectivity index (χ2n) is 10.4. The van der Waals surface area contributed by atoms with E-state index in [1.54, 1.807) is 6.33 Å². The molecule has 0 spiro atoms. The van der Waals surface area contributed by atoms with Crippen molar-refractivity contribution in [3.63, 3.8) is 0 Å². The molecule has 0 aromatic carbocycles. The summed E-state index contributed by atoms with van der Waals surface area (Å²) < 4.78 is 0. The van der Waals surface area contributed by atoms with Crippen LogP contribution in [0.3, 0.4) is 0 Å². The molecule has 154 valence electrons. The minimum absolute atomic E-state index is 0.178. The number of hydrogen-bond donors (Lipinski definition) is 2. The first-order valence-electron chi connectivity index (χ1n) is 11.9. The monoisotopic (exact) mass is 399 g/mol. The Kier molecular flexibility index (Phi) is 5.47. The molecule has 4 aliphatic rings. The van der Waals surface area contributed by atoms with Crippen molar-refractivity contribution in [2.24, 2.45) is 41.2 Å². The van der Waals surface area contributed by atoms with Gasteiger partial charge in [-0.05, 0) is 106 Å². The van der Waals surface area contributed by atoms with Gasteiger partial charge in [0.2, 0.25) is 0 Å². The fourth-order valence-electron chi connectivity index (χ4n) is 8.10. The van der Waals surface area contributed by atoms with Gasteiger partial charge in [-0.1, -0.05) is 12.8 Å². The van der Waals surface area contributed by atoms with Gasteiger partial charge in [0.05, 0.1) is 0 Å². The van der Waals surface area contributed by atoms with Crippen molar-refractivity contribution < 1.29 is 0 Å².